The second-order valence-electron chi connectivity index (χ2n) is 8.10. The largest absolute Gasteiger partial charge is 0.322 e. The van der Waals surface area contributed by atoms with Gasteiger partial charge in [0.2, 0.25) is 0 Å². The van der Waals surface area contributed by atoms with E-state index < -0.39 is 0 Å². The summed E-state index contributed by atoms with van der Waals surface area (Å²) >= 11 is 3.57. The third-order valence-corrected chi connectivity index (χ3v) is 6.77. The summed E-state index contributed by atoms with van der Waals surface area (Å²) in [6.07, 6.45) is 0. The van der Waals surface area contributed by atoms with Gasteiger partial charge in [-0.2, -0.15) is 0 Å². The Kier molecular flexibility index (Phi) is 5.67. The molecule has 4 rings (SSSR count). The average Bonchev–Trinajstić information content (AvgIpc) is 2.74. The molecule has 0 atom stereocenters. The number of nitrogens with one attached hydrogen (secondary N) is 1. The predicted molar refractivity (Wildman–Crippen MR) is 133 cm³/mol. The summed E-state index contributed by atoms with van der Waals surface area (Å²) in [5.41, 5.74) is 9.44. The highest BCUT2D eigenvalue weighted by molar-refractivity contribution is 9.10. The van der Waals surface area contributed by atoms with E-state index in [1.54, 1.807) is 0 Å². The van der Waals surface area contributed by atoms with E-state index >= 15 is 0 Å². The maximum Gasteiger partial charge on any atom is 0.256 e. The zero-order chi connectivity index (χ0) is 22.3. The van der Waals surface area contributed by atoms with Crippen molar-refractivity contribution in [2.75, 3.05) is 5.32 Å². The van der Waals surface area contributed by atoms with E-state index in [0.717, 1.165) is 60.1 Å². The Labute approximate surface area is 191 Å². The number of hydrogen-bond donors (Lipinski definition) is 1. The average molecular weight is 473 g/mol. The molecule has 0 saturated heterocycles. The van der Waals surface area contributed by atoms with Crippen LogP contribution in [0.5, 0.6) is 0 Å². The Morgan fingerprint density at radius 1 is 0.871 bits per heavy atom. The van der Waals surface area contributed by atoms with Crippen LogP contribution >= 0.6 is 15.9 Å². The first kappa shape index (κ1) is 21.3. The zero-order valence-corrected chi connectivity index (χ0v) is 20.0. The van der Waals surface area contributed by atoms with E-state index in [4.69, 9.17) is 4.98 Å². The summed E-state index contributed by atoms with van der Waals surface area (Å²) in [6, 6.07) is 18.1. The molecule has 0 aliphatic carbocycles. The molecule has 156 valence electrons. The van der Waals surface area contributed by atoms with Gasteiger partial charge in [-0.1, -0.05) is 57.9 Å². The molecule has 0 spiro atoms. The Morgan fingerprint density at radius 2 is 1.58 bits per heavy atom. The van der Waals surface area contributed by atoms with Crippen molar-refractivity contribution in [2.24, 2.45) is 0 Å². The molecule has 0 unspecified atom stereocenters. The van der Waals surface area contributed by atoms with Gasteiger partial charge >= 0.3 is 0 Å². The topological polar surface area (TPSA) is 42.0 Å². The molecule has 3 aromatic carbocycles. The summed E-state index contributed by atoms with van der Waals surface area (Å²) in [5.74, 6) is -0.114. The fourth-order valence-electron chi connectivity index (χ4n) is 4.09. The number of carbonyl (C=O) groups excluding carboxylic acids is 1. The lowest BCUT2D eigenvalue weighted by molar-refractivity contribution is 0.102. The minimum absolute atomic E-state index is 0.114. The van der Waals surface area contributed by atoms with Gasteiger partial charge in [0.1, 0.15) is 0 Å². The molecular formula is C27H25BrN2O. The fraction of sp³-hybridized carbons (Fsp3) is 0.185. The van der Waals surface area contributed by atoms with Crippen LogP contribution in [-0.4, -0.2) is 10.9 Å². The van der Waals surface area contributed by atoms with E-state index in [9.17, 15) is 4.79 Å². The van der Waals surface area contributed by atoms with E-state index in [-0.39, 0.29) is 5.91 Å². The summed E-state index contributed by atoms with van der Waals surface area (Å²) in [5, 5.41) is 4.05. The van der Waals surface area contributed by atoms with Gasteiger partial charge in [-0.05, 0) is 75.1 Å². The number of pyridine rings is 1. The van der Waals surface area contributed by atoms with Crippen LogP contribution in [0, 0.1) is 34.6 Å². The van der Waals surface area contributed by atoms with Crippen LogP contribution in [-0.2, 0) is 0 Å². The van der Waals surface area contributed by atoms with Gasteiger partial charge in [0, 0.05) is 21.1 Å². The summed E-state index contributed by atoms with van der Waals surface area (Å²) < 4.78 is 1.03. The first-order chi connectivity index (χ1) is 14.8. The lowest BCUT2D eigenvalue weighted by atomic mass is 9.94. The molecule has 0 radical (unpaired) electrons. The molecule has 0 fully saturated rings. The number of fused-ring (bicyclic) bond motifs is 1. The number of aromatic nitrogens is 1. The van der Waals surface area contributed by atoms with Crippen molar-refractivity contribution in [3.8, 4) is 11.3 Å². The van der Waals surface area contributed by atoms with Crippen molar-refractivity contribution in [2.45, 2.75) is 34.6 Å². The first-order valence-corrected chi connectivity index (χ1v) is 11.1. The number of aryl methyl sites for hydroxylation is 2. The first-order valence-electron chi connectivity index (χ1n) is 10.3. The highest BCUT2D eigenvalue weighted by Gasteiger charge is 2.21. The Hall–Kier alpha value is -2.98. The van der Waals surface area contributed by atoms with Crippen LogP contribution in [0.3, 0.4) is 0 Å². The number of nitrogens with zero attached hydrogens (tertiary/aromatic N) is 1. The quantitative estimate of drug-likeness (QED) is 0.336. The standard InChI is InChI=1S/C27H25BrN2O/c1-15-13-16(2)25-21(14-15)24(19(5)26(30-25)20-9-7-6-8-10-20)27(31)29-23-12-11-22(28)17(3)18(23)4/h6-14H,1-5H3,(H,29,31). The monoisotopic (exact) mass is 472 g/mol. The second-order valence-corrected chi connectivity index (χ2v) is 8.96. The van der Waals surface area contributed by atoms with Gasteiger partial charge in [-0.3, -0.25) is 4.79 Å². The molecule has 0 saturated carbocycles. The number of carbonyl (C=O) groups is 1. The smallest absolute Gasteiger partial charge is 0.256 e. The number of halogens is 1. The highest BCUT2D eigenvalue weighted by Crippen LogP contribution is 2.33. The molecule has 1 heterocycles. The fourth-order valence-corrected chi connectivity index (χ4v) is 4.52. The third kappa shape index (κ3) is 3.88. The third-order valence-electron chi connectivity index (χ3n) is 5.91. The van der Waals surface area contributed by atoms with Crippen LogP contribution in [0.2, 0.25) is 0 Å². The number of hydrogen-bond acceptors (Lipinski definition) is 2. The molecule has 4 aromatic rings. The summed E-state index contributed by atoms with van der Waals surface area (Å²) in [7, 11) is 0. The number of amides is 1. The minimum Gasteiger partial charge on any atom is -0.322 e. The van der Waals surface area contributed by atoms with Crippen LogP contribution < -0.4 is 5.32 Å². The lowest BCUT2D eigenvalue weighted by Gasteiger charge is -2.18. The van der Waals surface area contributed by atoms with Crippen molar-refractivity contribution in [3.05, 3.63) is 92.5 Å². The Bertz CT molecular complexity index is 1330. The Balaban J connectivity index is 1.94. The van der Waals surface area contributed by atoms with Crippen molar-refractivity contribution >= 4 is 38.4 Å². The predicted octanol–water partition coefficient (Wildman–Crippen LogP) is 7.46. The van der Waals surface area contributed by atoms with Gasteiger partial charge in [-0.15, -0.1) is 0 Å². The van der Waals surface area contributed by atoms with Crippen molar-refractivity contribution in [1.29, 1.82) is 0 Å². The molecule has 1 aromatic heterocycles. The minimum atomic E-state index is -0.114. The Morgan fingerprint density at radius 3 is 2.29 bits per heavy atom. The van der Waals surface area contributed by atoms with E-state index in [1.165, 1.54) is 0 Å². The second kappa shape index (κ2) is 8.27. The van der Waals surface area contributed by atoms with Crippen LogP contribution in [0.1, 0.15) is 38.2 Å². The zero-order valence-electron chi connectivity index (χ0n) is 18.4. The summed E-state index contributed by atoms with van der Waals surface area (Å²) in [6.45, 7) is 10.2. The molecule has 0 aliphatic rings. The molecular weight excluding hydrogens is 448 g/mol. The van der Waals surface area contributed by atoms with Gasteiger partial charge in [0.05, 0.1) is 16.8 Å². The SMILES string of the molecule is Cc1cc(C)c2nc(-c3ccccc3)c(C)c(C(=O)Nc3ccc(Br)c(C)c3C)c2c1. The van der Waals surface area contributed by atoms with E-state index in [1.807, 2.05) is 63.2 Å². The van der Waals surface area contributed by atoms with E-state index in [0.29, 0.717) is 5.56 Å². The molecule has 0 aliphatic heterocycles. The molecule has 31 heavy (non-hydrogen) atoms. The van der Waals surface area contributed by atoms with Crippen LogP contribution in [0.15, 0.2) is 59.1 Å². The van der Waals surface area contributed by atoms with Crippen LogP contribution in [0.4, 0.5) is 5.69 Å². The van der Waals surface area contributed by atoms with Crippen LogP contribution in [0.25, 0.3) is 22.2 Å². The van der Waals surface area contributed by atoms with Gasteiger partial charge < -0.3 is 5.32 Å². The summed E-state index contributed by atoms with van der Waals surface area (Å²) in [4.78, 5) is 18.6. The highest BCUT2D eigenvalue weighted by atomic mass is 79.9. The number of rotatable bonds is 3. The molecule has 4 heteroatoms. The van der Waals surface area contributed by atoms with Crippen molar-refractivity contribution in [3.63, 3.8) is 0 Å². The molecule has 3 nitrogen and oxygen atoms in total. The van der Waals surface area contributed by atoms with Gasteiger partial charge in [0.15, 0.2) is 0 Å². The maximum atomic E-state index is 13.7. The molecule has 1 amide bonds. The lowest BCUT2D eigenvalue weighted by Crippen LogP contribution is -2.16. The number of anilines is 1. The van der Waals surface area contributed by atoms with E-state index in [2.05, 4.69) is 47.2 Å². The maximum absolute atomic E-state index is 13.7. The molecule has 1 N–H and O–H groups in total. The van der Waals surface area contributed by atoms with Crippen molar-refractivity contribution in [1.82, 2.24) is 4.98 Å². The van der Waals surface area contributed by atoms with Gasteiger partial charge in [0.25, 0.3) is 5.91 Å². The molecule has 0 bridgehead atoms. The normalized spacial score (nSPS) is 11.0. The van der Waals surface area contributed by atoms with Crippen molar-refractivity contribution < 1.29 is 4.79 Å². The number of benzene rings is 3. The van der Waals surface area contributed by atoms with Gasteiger partial charge in [-0.25, -0.2) is 4.98 Å².